The van der Waals surface area contributed by atoms with Crippen molar-refractivity contribution < 1.29 is 24.1 Å². The second-order valence-corrected chi connectivity index (χ2v) is 6.25. The van der Waals surface area contributed by atoms with E-state index in [9.17, 15) is 9.90 Å². The van der Waals surface area contributed by atoms with E-state index in [-0.39, 0.29) is 19.2 Å². The van der Waals surface area contributed by atoms with Gasteiger partial charge in [0, 0.05) is 0 Å². The molecule has 5 N–H and O–H groups in total. The molecular formula is C13H24N2O5. The van der Waals surface area contributed by atoms with Crippen LogP contribution in [0.3, 0.4) is 0 Å². The van der Waals surface area contributed by atoms with E-state index in [1.807, 2.05) is 20.8 Å². The molecule has 0 aromatic rings. The van der Waals surface area contributed by atoms with Crippen molar-refractivity contribution >= 4 is 5.97 Å². The summed E-state index contributed by atoms with van der Waals surface area (Å²) in [5.41, 5.74) is 8.40. The second kappa shape index (κ2) is 4.92. The third-order valence-electron chi connectivity index (χ3n) is 4.21. The molecule has 4 atom stereocenters. The molecule has 7 nitrogen and oxygen atoms in total. The molecule has 2 saturated heterocycles. The topological polar surface area (TPSA) is 117 Å². The molecular weight excluding hydrogens is 264 g/mol. The third-order valence-corrected chi connectivity index (χ3v) is 4.21. The second-order valence-electron chi connectivity index (χ2n) is 6.25. The highest BCUT2D eigenvalue weighted by atomic mass is 16.7. The van der Waals surface area contributed by atoms with Crippen molar-refractivity contribution in [2.45, 2.75) is 57.3 Å². The first-order valence-electron chi connectivity index (χ1n) is 6.92. The molecule has 116 valence electrons. The lowest BCUT2D eigenvalue weighted by atomic mass is 9.88. The Morgan fingerprint density at radius 2 is 1.95 bits per heavy atom. The van der Waals surface area contributed by atoms with Crippen LogP contribution in [0.4, 0.5) is 0 Å². The van der Waals surface area contributed by atoms with Crippen LogP contribution in [0.2, 0.25) is 0 Å². The molecule has 2 heterocycles. The number of fused-ring (bicyclic) bond motifs is 1. The molecule has 0 aromatic heterocycles. The largest absolute Gasteiger partial charge is 0.455 e. The number of ether oxygens (including phenoxy) is 3. The van der Waals surface area contributed by atoms with E-state index < -0.39 is 29.1 Å². The molecule has 0 spiro atoms. The molecule has 2 rings (SSSR count). The summed E-state index contributed by atoms with van der Waals surface area (Å²) < 4.78 is 16.2. The monoisotopic (exact) mass is 288 g/mol. The van der Waals surface area contributed by atoms with Crippen molar-refractivity contribution in [2.24, 2.45) is 16.9 Å². The maximum Gasteiger partial charge on any atom is 0.312 e. The van der Waals surface area contributed by atoms with Crippen LogP contribution in [-0.4, -0.2) is 47.9 Å². The van der Waals surface area contributed by atoms with Crippen molar-refractivity contribution in [1.82, 2.24) is 0 Å². The van der Waals surface area contributed by atoms with E-state index >= 15 is 0 Å². The van der Waals surface area contributed by atoms with Crippen molar-refractivity contribution in [2.75, 3.05) is 13.2 Å². The molecule has 0 radical (unpaired) electrons. The molecule has 0 bridgehead atoms. The minimum atomic E-state index is -1.53. The number of aliphatic hydroxyl groups is 1. The summed E-state index contributed by atoms with van der Waals surface area (Å²) in [4.78, 5) is 12.2. The van der Waals surface area contributed by atoms with Gasteiger partial charge in [-0.2, -0.15) is 0 Å². The SMILES string of the molecule is CCCC(C)(C)C(=O)OC1CO[C@]2(N)C(O)CO[C@]12N. The fourth-order valence-corrected chi connectivity index (χ4v) is 2.74. The predicted octanol–water partition coefficient (Wildman–Crippen LogP) is -0.544. The van der Waals surface area contributed by atoms with Gasteiger partial charge >= 0.3 is 5.97 Å². The van der Waals surface area contributed by atoms with Gasteiger partial charge in [0.15, 0.2) is 11.8 Å². The Labute approximate surface area is 118 Å². The Kier molecular flexibility index (Phi) is 3.85. The van der Waals surface area contributed by atoms with Crippen LogP contribution in [0, 0.1) is 5.41 Å². The number of hydrogen-bond donors (Lipinski definition) is 3. The molecule has 0 aliphatic carbocycles. The highest BCUT2D eigenvalue weighted by molar-refractivity contribution is 5.76. The van der Waals surface area contributed by atoms with Gasteiger partial charge in [0.2, 0.25) is 5.72 Å². The number of carbonyl (C=O) groups is 1. The zero-order valence-electron chi connectivity index (χ0n) is 12.2. The maximum atomic E-state index is 12.2. The van der Waals surface area contributed by atoms with Gasteiger partial charge in [0.05, 0.1) is 18.6 Å². The van der Waals surface area contributed by atoms with Crippen molar-refractivity contribution in [3.63, 3.8) is 0 Å². The number of rotatable bonds is 4. The summed E-state index contributed by atoms with van der Waals surface area (Å²) >= 11 is 0. The van der Waals surface area contributed by atoms with Gasteiger partial charge in [0.1, 0.15) is 6.10 Å². The molecule has 2 fully saturated rings. The third kappa shape index (κ3) is 2.14. The Hall–Kier alpha value is -0.730. The smallest absolute Gasteiger partial charge is 0.312 e. The van der Waals surface area contributed by atoms with E-state index in [0.717, 1.165) is 6.42 Å². The van der Waals surface area contributed by atoms with Gasteiger partial charge in [-0.15, -0.1) is 0 Å². The summed E-state index contributed by atoms with van der Waals surface area (Å²) in [5.74, 6) is -0.369. The number of nitrogens with two attached hydrogens (primary N) is 2. The maximum absolute atomic E-state index is 12.2. The zero-order valence-corrected chi connectivity index (χ0v) is 12.2. The van der Waals surface area contributed by atoms with Gasteiger partial charge in [-0.05, 0) is 20.3 Å². The Morgan fingerprint density at radius 3 is 2.55 bits per heavy atom. The summed E-state index contributed by atoms with van der Waals surface area (Å²) in [7, 11) is 0. The molecule has 0 saturated carbocycles. The predicted molar refractivity (Wildman–Crippen MR) is 70.3 cm³/mol. The number of hydrogen-bond acceptors (Lipinski definition) is 7. The van der Waals surface area contributed by atoms with Crippen molar-refractivity contribution in [3.05, 3.63) is 0 Å². The molecule has 2 aliphatic heterocycles. The first kappa shape index (κ1) is 15.7. The lowest BCUT2D eigenvalue weighted by Crippen LogP contribution is -2.69. The molecule has 0 amide bonds. The molecule has 2 unspecified atom stereocenters. The quantitative estimate of drug-likeness (QED) is 0.594. The van der Waals surface area contributed by atoms with E-state index in [1.165, 1.54) is 0 Å². The van der Waals surface area contributed by atoms with Crippen LogP contribution in [0.15, 0.2) is 0 Å². The van der Waals surface area contributed by atoms with Crippen LogP contribution in [0.25, 0.3) is 0 Å². The number of aliphatic hydroxyl groups excluding tert-OH is 1. The first-order valence-corrected chi connectivity index (χ1v) is 6.92. The minimum Gasteiger partial charge on any atom is -0.455 e. The fourth-order valence-electron chi connectivity index (χ4n) is 2.74. The van der Waals surface area contributed by atoms with Crippen molar-refractivity contribution in [3.8, 4) is 0 Å². The lowest BCUT2D eigenvalue weighted by Gasteiger charge is -2.35. The normalized spacial score (nSPS) is 40.7. The van der Waals surface area contributed by atoms with E-state index in [4.69, 9.17) is 25.7 Å². The summed E-state index contributed by atoms with van der Waals surface area (Å²) in [5, 5.41) is 9.82. The van der Waals surface area contributed by atoms with Crippen LogP contribution >= 0.6 is 0 Å². The average molecular weight is 288 g/mol. The van der Waals surface area contributed by atoms with Gasteiger partial charge in [0.25, 0.3) is 0 Å². The van der Waals surface area contributed by atoms with E-state index in [1.54, 1.807) is 0 Å². The van der Waals surface area contributed by atoms with E-state index in [0.29, 0.717) is 6.42 Å². The van der Waals surface area contributed by atoms with Gasteiger partial charge in [-0.1, -0.05) is 13.3 Å². The zero-order chi connectivity index (χ0) is 15.2. The highest BCUT2D eigenvalue weighted by Crippen LogP contribution is 2.41. The summed E-state index contributed by atoms with van der Waals surface area (Å²) in [6, 6.07) is 0. The molecule has 20 heavy (non-hydrogen) atoms. The van der Waals surface area contributed by atoms with Crippen LogP contribution in [0.1, 0.15) is 33.6 Å². The fraction of sp³-hybridized carbons (Fsp3) is 0.923. The molecule has 7 heteroatoms. The Morgan fingerprint density at radius 1 is 1.35 bits per heavy atom. The Balaban J connectivity index is 2.11. The number of esters is 1. The molecule has 2 aliphatic rings. The van der Waals surface area contributed by atoms with Crippen LogP contribution < -0.4 is 11.5 Å². The van der Waals surface area contributed by atoms with E-state index in [2.05, 4.69) is 0 Å². The molecule has 0 aromatic carbocycles. The minimum absolute atomic E-state index is 0.0119. The van der Waals surface area contributed by atoms with Crippen molar-refractivity contribution in [1.29, 1.82) is 0 Å². The number of carbonyl (C=O) groups excluding carboxylic acids is 1. The highest BCUT2D eigenvalue weighted by Gasteiger charge is 2.68. The van der Waals surface area contributed by atoms with Gasteiger partial charge in [-0.25, -0.2) is 0 Å². The Bertz CT molecular complexity index is 402. The summed E-state index contributed by atoms with van der Waals surface area (Å²) in [6.07, 6.45) is -0.297. The summed E-state index contributed by atoms with van der Waals surface area (Å²) in [6.45, 7) is 5.60. The van der Waals surface area contributed by atoms with Gasteiger partial charge < -0.3 is 19.3 Å². The lowest BCUT2D eigenvalue weighted by molar-refractivity contribution is -0.175. The van der Waals surface area contributed by atoms with Crippen LogP contribution in [-0.2, 0) is 19.0 Å². The average Bonchev–Trinajstić information content (AvgIpc) is 2.74. The first-order chi connectivity index (χ1) is 9.17. The van der Waals surface area contributed by atoms with Gasteiger partial charge in [-0.3, -0.25) is 16.3 Å². The standard InChI is InChI=1S/C13H24N2O5/c1-4-5-11(2,3)10(17)20-9-7-19-12(14)8(16)6-18-13(9,12)15/h8-9,16H,4-7,14-15H2,1-3H3/t8?,9?,12-,13-/m1/s1. The van der Waals surface area contributed by atoms with Crippen LogP contribution in [0.5, 0.6) is 0 Å².